The summed E-state index contributed by atoms with van der Waals surface area (Å²) in [7, 11) is 0. The number of hydrogen-bond donors (Lipinski definition) is 1. The first kappa shape index (κ1) is 9.85. The molecule has 1 aromatic carbocycles. The van der Waals surface area contributed by atoms with Gasteiger partial charge in [0.1, 0.15) is 0 Å². The SMILES string of the molecule is O=C(O)CSc1ccc(I)cc1. The molecule has 1 aromatic rings. The molecule has 0 atom stereocenters. The Balaban J connectivity index is 2.53. The zero-order chi connectivity index (χ0) is 8.97. The van der Waals surface area contributed by atoms with E-state index in [1.807, 2.05) is 24.3 Å². The van der Waals surface area contributed by atoms with Crippen molar-refractivity contribution in [1.29, 1.82) is 0 Å². The summed E-state index contributed by atoms with van der Waals surface area (Å²) in [6, 6.07) is 7.78. The lowest BCUT2D eigenvalue weighted by Gasteiger charge is -1.97. The van der Waals surface area contributed by atoms with Gasteiger partial charge in [-0.1, -0.05) is 0 Å². The van der Waals surface area contributed by atoms with Crippen molar-refractivity contribution in [2.75, 3.05) is 5.75 Å². The van der Waals surface area contributed by atoms with Crippen molar-refractivity contribution >= 4 is 40.3 Å². The summed E-state index contributed by atoms with van der Waals surface area (Å²) >= 11 is 3.55. The average molecular weight is 294 g/mol. The van der Waals surface area contributed by atoms with E-state index < -0.39 is 5.97 Å². The van der Waals surface area contributed by atoms with E-state index in [9.17, 15) is 4.79 Å². The van der Waals surface area contributed by atoms with Crippen molar-refractivity contribution in [3.05, 3.63) is 27.8 Å². The largest absolute Gasteiger partial charge is 0.481 e. The summed E-state index contributed by atoms with van der Waals surface area (Å²) in [5, 5.41) is 8.41. The number of benzene rings is 1. The number of halogens is 1. The number of hydrogen-bond acceptors (Lipinski definition) is 2. The predicted octanol–water partition coefficient (Wildman–Crippen LogP) is 2.47. The van der Waals surface area contributed by atoms with Gasteiger partial charge < -0.3 is 5.11 Å². The minimum atomic E-state index is -0.779. The van der Waals surface area contributed by atoms with Crippen LogP contribution in [0.2, 0.25) is 0 Å². The Hall–Kier alpha value is -0.230. The fraction of sp³-hybridized carbons (Fsp3) is 0.125. The second-order valence-electron chi connectivity index (χ2n) is 2.14. The van der Waals surface area contributed by atoms with E-state index in [1.54, 1.807) is 0 Å². The van der Waals surface area contributed by atoms with Crippen molar-refractivity contribution in [2.45, 2.75) is 4.90 Å². The summed E-state index contributed by atoms with van der Waals surface area (Å²) in [5.74, 6) is -0.654. The zero-order valence-corrected chi connectivity index (χ0v) is 9.13. The van der Waals surface area contributed by atoms with Gasteiger partial charge in [-0.05, 0) is 46.9 Å². The van der Waals surface area contributed by atoms with Gasteiger partial charge in [-0.25, -0.2) is 0 Å². The summed E-state index contributed by atoms with van der Waals surface area (Å²) in [6.45, 7) is 0. The highest BCUT2D eigenvalue weighted by Crippen LogP contribution is 2.18. The molecule has 0 amide bonds. The van der Waals surface area contributed by atoms with Gasteiger partial charge in [0.05, 0.1) is 5.75 Å². The van der Waals surface area contributed by atoms with E-state index in [0.29, 0.717) is 0 Å². The van der Waals surface area contributed by atoms with Gasteiger partial charge in [0, 0.05) is 8.47 Å². The Labute approximate surface area is 88.5 Å². The Morgan fingerprint density at radius 2 is 2.00 bits per heavy atom. The molecule has 12 heavy (non-hydrogen) atoms. The van der Waals surface area contributed by atoms with Crippen LogP contribution in [0.25, 0.3) is 0 Å². The number of thioether (sulfide) groups is 1. The third kappa shape index (κ3) is 3.44. The van der Waals surface area contributed by atoms with Crippen LogP contribution in [0.3, 0.4) is 0 Å². The lowest BCUT2D eigenvalue weighted by molar-refractivity contribution is -0.133. The molecule has 1 N–H and O–H groups in total. The van der Waals surface area contributed by atoms with Crippen LogP contribution in [0.4, 0.5) is 0 Å². The molecule has 0 saturated carbocycles. The molecule has 0 aliphatic heterocycles. The fourth-order valence-corrected chi connectivity index (χ4v) is 1.65. The second-order valence-corrected chi connectivity index (χ2v) is 4.43. The Kier molecular flexibility index (Phi) is 3.87. The minimum Gasteiger partial charge on any atom is -0.481 e. The molecule has 0 heterocycles. The van der Waals surface area contributed by atoms with Crippen LogP contribution in [0.1, 0.15) is 0 Å². The van der Waals surface area contributed by atoms with Gasteiger partial charge >= 0.3 is 5.97 Å². The smallest absolute Gasteiger partial charge is 0.313 e. The van der Waals surface area contributed by atoms with Gasteiger partial charge in [0.15, 0.2) is 0 Å². The van der Waals surface area contributed by atoms with Crippen molar-refractivity contribution in [1.82, 2.24) is 0 Å². The molecule has 2 nitrogen and oxygen atoms in total. The number of carboxylic acids is 1. The standard InChI is InChI=1S/C8H7IO2S/c9-6-1-3-7(4-2-6)12-5-8(10)11/h1-4H,5H2,(H,10,11). The molecule has 4 heteroatoms. The molecule has 0 radical (unpaired) electrons. The Bertz CT molecular complexity index is 271. The normalized spacial score (nSPS) is 9.75. The first-order valence-electron chi connectivity index (χ1n) is 3.28. The van der Waals surface area contributed by atoms with Crippen molar-refractivity contribution in [2.24, 2.45) is 0 Å². The molecule has 64 valence electrons. The maximum Gasteiger partial charge on any atom is 0.313 e. The monoisotopic (exact) mass is 294 g/mol. The highest BCUT2D eigenvalue weighted by molar-refractivity contribution is 14.1. The summed E-state index contributed by atoms with van der Waals surface area (Å²) in [5.41, 5.74) is 0. The van der Waals surface area contributed by atoms with Gasteiger partial charge in [-0.2, -0.15) is 0 Å². The Morgan fingerprint density at radius 3 is 2.50 bits per heavy atom. The summed E-state index contributed by atoms with van der Waals surface area (Å²) < 4.78 is 1.16. The maximum absolute atomic E-state index is 10.2. The quantitative estimate of drug-likeness (QED) is 0.687. The van der Waals surface area contributed by atoms with Crippen molar-refractivity contribution in [3.63, 3.8) is 0 Å². The lowest BCUT2D eigenvalue weighted by atomic mass is 10.4. The summed E-state index contributed by atoms with van der Waals surface area (Å²) in [6.07, 6.45) is 0. The molecule has 0 unspecified atom stereocenters. The van der Waals surface area contributed by atoms with Gasteiger partial charge in [-0.3, -0.25) is 4.79 Å². The number of rotatable bonds is 3. The van der Waals surface area contributed by atoms with Gasteiger partial charge in [0.2, 0.25) is 0 Å². The van der Waals surface area contributed by atoms with E-state index in [0.717, 1.165) is 8.47 Å². The van der Waals surface area contributed by atoms with E-state index in [1.165, 1.54) is 11.8 Å². The first-order valence-corrected chi connectivity index (χ1v) is 5.35. The molecular weight excluding hydrogens is 287 g/mol. The van der Waals surface area contributed by atoms with Gasteiger partial charge in [0.25, 0.3) is 0 Å². The van der Waals surface area contributed by atoms with E-state index in [-0.39, 0.29) is 5.75 Å². The molecular formula is C8H7IO2S. The predicted molar refractivity (Wildman–Crippen MR) is 57.5 cm³/mol. The molecule has 0 fully saturated rings. The van der Waals surface area contributed by atoms with Crippen LogP contribution in [0.15, 0.2) is 29.2 Å². The van der Waals surface area contributed by atoms with Crippen LogP contribution in [-0.2, 0) is 4.79 Å². The third-order valence-electron chi connectivity index (χ3n) is 1.18. The van der Waals surface area contributed by atoms with Crippen LogP contribution in [0.5, 0.6) is 0 Å². The summed E-state index contributed by atoms with van der Waals surface area (Å²) in [4.78, 5) is 11.2. The van der Waals surface area contributed by atoms with Crippen LogP contribution in [0, 0.1) is 3.57 Å². The number of aliphatic carboxylic acids is 1. The highest BCUT2D eigenvalue weighted by atomic mass is 127. The molecule has 1 rings (SSSR count). The molecule has 0 bridgehead atoms. The average Bonchev–Trinajstić information content (AvgIpc) is 2.03. The zero-order valence-electron chi connectivity index (χ0n) is 6.16. The van der Waals surface area contributed by atoms with E-state index in [2.05, 4.69) is 22.6 Å². The Morgan fingerprint density at radius 1 is 1.42 bits per heavy atom. The first-order chi connectivity index (χ1) is 5.68. The third-order valence-corrected chi connectivity index (χ3v) is 2.89. The van der Waals surface area contributed by atoms with Crippen molar-refractivity contribution < 1.29 is 9.90 Å². The fourth-order valence-electron chi connectivity index (χ4n) is 0.676. The topological polar surface area (TPSA) is 37.3 Å². The van der Waals surface area contributed by atoms with Gasteiger partial charge in [-0.15, -0.1) is 11.8 Å². The maximum atomic E-state index is 10.2. The van der Waals surface area contributed by atoms with E-state index >= 15 is 0 Å². The molecule has 0 spiro atoms. The van der Waals surface area contributed by atoms with Crippen LogP contribution < -0.4 is 0 Å². The van der Waals surface area contributed by atoms with Crippen LogP contribution >= 0.6 is 34.4 Å². The minimum absolute atomic E-state index is 0.126. The lowest BCUT2D eigenvalue weighted by Crippen LogP contribution is -1.97. The second kappa shape index (κ2) is 4.71. The number of carboxylic acid groups (broad SMARTS) is 1. The van der Waals surface area contributed by atoms with Crippen molar-refractivity contribution in [3.8, 4) is 0 Å². The molecule has 0 aliphatic rings. The molecule has 0 aliphatic carbocycles. The molecule has 0 saturated heterocycles. The molecule has 0 aromatic heterocycles. The highest BCUT2D eigenvalue weighted by Gasteiger charge is 1.98. The number of carbonyl (C=O) groups is 1. The van der Waals surface area contributed by atoms with E-state index in [4.69, 9.17) is 5.11 Å². The van der Waals surface area contributed by atoms with Crippen LogP contribution in [-0.4, -0.2) is 16.8 Å².